The molecule has 2 heterocycles. The number of rotatable bonds is 4. The van der Waals surface area contributed by atoms with Crippen molar-refractivity contribution in [1.29, 1.82) is 0 Å². The van der Waals surface area contributed by atoms with Gasteiger partial charge in [-0.05, 0) is 26.7 Å². The van der Waals surface area contributed by atoms with Gasteiger partial charge in [-0.15, -0.1) is 0 Å². The van der Waals surface area contributed by atoms with Crippen LogP contribution in [0.15, 0.2) is 12.4 Å². The fraction of sp³-hybridized carbons (Fsp3) is 0.692. The van der Waals surface area contributed by atoms with Crippen LogP contribution in [0.2, 0.25) is 0 Å². The van der Waals surface area contributed by atoms with Crippen LogP contribution in [-0.2, 0) is 0 Å². The lowest BCUT2D eigenvalue weighted by Crippen LogP contribution is -2.41. The molecule has 0 bridgehead atoms. The van der Waals surface area contributed by atoms with Gasteiger partial charge >= 0.3 is 6.01 Å². The zero-order valence-electron chi connectivity index (χ0n) is 11.3. The first-order valence-corrected chi connectivity index (χ1v) is 6.46. The Bertz CT molecular complexity index is 359. The first kappa shape index (κ1) is 13.1. The molecule has 2 rings (SSSR count). The molecule has 0 N–H and O–H groups in total. The van der Waals surface area contributed by atoms with E-state index in [0.717, 1.165) is 31.7 Å². The Morgan fingerprint density at radius 3 is 2.33 bits per heavy atom. The molecule has 18 heavy (non-hydrogen) atoms. The van der Waals surface area contributed by atoms with Crippen molar-refractivity contribution in [3.63, 3.8) is 0 Å². The molecule has 1 aliphatic heterocycles. The lowest BCUT2D eigenvalue weighted by molar-refractivity contribution is 0.0836. The molecule has 5 nitrogen and oxygen atoms in total. The van der Waals surface area contributed by atoms with E-state index >= 15 is 0 Å². The summed E-state index contributed by atoms with van der Waals surface area (Å²) in [7, 11) is 1.55. The van der Waals surface area contributed by atoms with Gasteiger partial charge < -0.3 is 14.4 Å². The van der Waals surface area contributed by atoms with Crippen LogP contribution in [0.5, 0.6) is 11.8 Å². The summed E-state index contributed by atoms with van der Waals surface area (Å²) in [5, 5.41) is 0. The van der Waals surface area contributed by atoms with Gasteiger partial charge in [0.15, 0.2) is 5.75 Å². The smallest absolute Gasteiger partial charge is 0.316 e. The quantitative estimate of drug-likeness (QED) is 0.815. The molecule has 0 aromatic carbocycles. The predicted molar refractivity (Wildman–Crippen MR) is 68.9 cm³/mol. The largest absolute Gasteiger partial charge is 0.487 e. The van der Waals surface area contributed by atoms with E-state index in [1.807, 2.05) is 0 Å². The van der Waals surface area contributed by atoms with E-state index in [0.29, 0.717) is 12.1 Å². The van der Waals surface area contributed by atoms with Gasteiger partial charge in [0, 0.05) is 19.1 Å². The van der Waals surface area contributed by atoms with E-state index < -0.39 is 0 Å². The minimum Gasteiger partial charge on any atom is -0.487 e. The van der Waals surface area contributed by atoms with E-state index in [1.165, 1.54) is 0 Å². The topological polar surface area (TPSA) is 47.5 Å². The molecule has 0 unspecified atom stereocenters. The summed E-state index contributed by atoms with van der Waals surface area (Å²) in [6.07, 6.45) is 5.73. The summed E-state index contributed by atoms with van der Waals surface area (Å²) < 4.78 is 10.8. The zero-order chi connectivity index (χ0) is 13.0. The van der Waals surface area contributed by atoms with Gasteiger partial charge in [-0.25, -0.2) is 0 Å². The zero-order valence-corrected chi connectivity index (χ0v) is 11.3. The predicted octanol–water partition coefficient (Wildman–Crippen LogP) is 1.74. The molecule has 0 amide bonds. The summed E-state index contributed by atoms with van der Waals surface area (Å²) in [4.78, 5) is 10.6. The van der Waals surface area contributed by atoms with Gasteiger partial charge in [0.1, 0.15) is 6.10 Å². The van der Waals surface area contributed by atoms with Crippen molar-refractivity contribution < 1.29 is 9.47 Å². The van der Waals surface area contributed by atoms with E-state index in [-0.39, 0.29) is 6.10 Å². The average Bonchev–Trinajstić information content (AvgIpc) is 2.40. The highest BCUT2D eigenvalue weighted by Gasteiger charge is 2.22. The monoisotopic (exact) mass is 251 g/mol. The molecule has 1 fully saturated rings. The van der Waals surface area contributed by atoms with Crippen LogP contribution in [-0.4, -0.2) is 47.2 Å². The number of aromatic nitrogens is 2. The van der Waals surface area contributed by atoms with E-state index in [9.17, 15) is 0 Å². The molecule has 1 saturated heterocycles. The first-order valence-electron chi connectivity index (χ1n) is 6.46. The highest BCUT2D eigenvalue weighted by atomic mass is 16.5. The van der Waals surface area contributed by atoms with Crippen molar-refractivity contribution in [2.24, 2.45) is 0 Å². The maximum atomic E-state index is 5.88. The van der Waals surface area contributed by atoms with E-state index in [2.05, 4.69) is 28.7 Å². The van der Waals surface area contributed by atoms with Gasteiger partial charge in [-0.1, -0.05) is 0 Å². The number of piperidine rings is 1. The summed E-state index contributed by atoms with van der Waals surface area (Å²) in [5.74, 6) is 0.721. The second-order valence-electron chi connectivity index (χ2n) is 4.85. The van der Waals surface area contributed by atoms with Crippen LogP contribution in [0.25, 0.3) is 0 Å². The maximum absolute atomic E-state index is 5.88. The fourth-order valence-electron chi connectivity index (χ4n) is 2.17. The summed E-state index contributed by atoms with van der Waals surface area (Å²) in [5.41, 5.74) is 0. The SMILES string of the molecule is COc1ncc(OC2CCN(C(C)C)CC2)cn1. The lowest BCUT2D eigenvalue weighted by atomic mass is 10.1. The van der Waals surface area contributed by atoms with Crippen molar-refractivity contribution in [2.75, 3.05) is 20.2 Å². The van der Waals surface area contributed by atoms with Gasteiger partial charge in [0.05, 0.1) is 19.5 Å². The highest BCUT2D eigenvalue weighted by molar-refractivity contribution is 5.14. The highest BCUT2D eigenvalue weighted by Crippen LogP contribution is 2.19. The van der Waals surface area contributed by atoms with E-state index in [4.69, 9.17) is 9.47 Å². The van der Waals surface area contributed by atoms with Crippen LogP contribution in [0, 0.1) is 0 Å². The molecule has 0 spiro atoms. The molecule has 1 aliphatic rings. The Morgan fingerprint density at radius 2 is 1.83 bits per heavy atom. The van der Waals surface area contributed by atoms with Gasteiger partial charge in [0.2, 0.25) is 0 Å². The molecule has 0 atom stereocenters. The second kappa shape index (κ2) is 6.00. The minimum absolute atomic E-state index is 0.275. The molecule has 1 aromatic rings. The molecule has 0 radical (unpaired) electrons. The Hall–Kier alpha value is -1.36. The summed E-state index contributed by atoms with van der Waals surface area (Å²) in [6.45, 7) is 6.66. The van der Waals surface area contributed by atoms with Gasteiger partial charge in [-0.3, -0.25) is 0 Å². The number of likely N-dealkylation sites (tertiary alicyclic amines) is 1. The maximum Gasteiger partial charge on any atom is 0.316 e. The standard InChI is InChI=1S/C13H21N3O2/c1-10(2)16-6-4-11(5-7-16)18-12-8-14-13(17-3)15-9-12/h8-11H,4-7H2,1-3H3. The van der Waals surface area contributed by atoms with Crippen molar-refractivity contribution in [3.05, 3.63) is 12.4 Å². The number of methoxy groups -OCH3 is 1. The molecule has 1 aromatic heterocycles. The van der Waals surface area contributed by atoms with Crippen molar-refractivity contribution in [2.45, 2.75) is 38.8 Å². The second-order valence-corrected chi connectivity index (χ2v) is 4.85. The third kappa shape index (κ3) is 3.32. The van der Waals surface area contributed by atoms with Gasteiger partial charge in [-0.2, -0.15) is 9.97 Å². The Labute approximate surface area is 108 Å². The Morgan fingerprint density at radius 1 is 1.22 bits per heavy atom. The summed E-state index contributed by atoms with van der Waals surface area (Å²) >= 11 is 0. The number of hydrogen-bond donors (Lipinski definition) is 0. The molecular formula is C13H21N3O2. The lowest BCUT2D eigenvalue weighted by Gasteiger charge is -2.34. The minimum atomic E-state index is 0.275. The van der Waals surface area contributed by atoms with Crippen molar-refractivity contribution in [1.82, 2.24) is 14.9 Å². The third-order valence-corrected chi connectivity index (χ3v) is 3.30. The normalized spacial score (nSPS) is 18.0. The van der Waals surface area contributed by atoms with Crippen LogP contribution in [0.4, 0.5) is 0 Å². The van der Waals surface area contributed by atoms with Gasteiger partial charge in [0.25, 0.3) is 0 Å². The third-order valence-electron chi connectivity index (χ3n) is 3.30. The Kier molecular flexibility index (Phi) is 4.36. The molecule has 0 saturated carbocycles. The average molecular weight is 251 g/mol. The molecule has 0 aliphatic carbocycles. The summed E-state index contributed by atoms with van der Waals surface area (Å²) in [6, 6.07) is 0.993. The van der Waals surface area contributed by atoms with E-state index in [1.54, 1.807) is 19.5 Å². The number of nitrogens with zero attached hydrogens (tertiary/aromatic N) is 3. The van der Waals surface area contributed by atoms with Crippen LogP contribution in [0.1, 0.15) is 26.7 Å². The molecular weight excluding hydrogens is 230 g/mol. The van der Waals surface area contributed by atoms with Crippen molar-refractivity contribution in [3.8, 4) is 11.8 Å². The fourth-order valence-corrected chi connectivity index (χ4v) is 2.17. The molecule has 100 valence electrons. The van der Waals surface area contributed by atoms with Crippen LogP contribution < -0.4 is 9.47 Å². The van der Waals surface area contributed by atoms with Crippen LogP contribution >= 0.6 is 0 Å². The first-order chi connectivity index (χ1) is 8.69. The number of hydrogen-bond acceptors (Lipinski definition) is 5. The molecule has 5 heteroatoms. The number of ether oxygens (including phenoxy) is 2. The van der Waals surface area contributed by atoms with Crippen molar-refractivity contribution >= 4 is 0 Å². The Balaban J connectivity index is 1.83. The van der Waals surface area contributed by atoms with Crippen LogP contribution in [0.3, 0.4) is 0 Å².